The molecule has 132 valence electrons. The summed E-state index contributed by atoms with van der Waals surface area (Å²) < 4.78 is 14.6. The Balaban J connectivity index is 2.30. The Kier molecular flexibility index (Phi) is 5.39. The normalized spacial score (nSPS) is 13.7. The summed E-state index contributed by atoms with van der Waals surface area (Å²) >= 11 is 0. The van der Waals surface area contributed by atoms with Gasteiger partial charge in [0.1, 0.15) is 0 Å². The van der Waals surface area contributed by atoms with E-state index in [4.69, 9.17) is 0 Å². The molecular formula is C22H21O3P. The van der Waals surface area contributed by atoms with Crippen molar-refractivity contribution in [3.05, 3.63) is 96.6 Å². The van der Waals surface area contributed by atoms with Crippen LogP contribution in [-0.2, 0) is 9.36 Å². The van der Waals surface area contributed by atoms with Crippen molar-refractivity contribution in [2.24, 2.45) is 5.92 Å². The van der Waals surface area contributed by atoms with Gasteiger partial charge in [0.05, 0.1) is 11.6 Å². The molecule has 0 saturated carbocycles. The maximum atomic E-state index is 14.6. The summed E-state index contributed by atoms with van der Waals surface area (Å²) in [7, 11) is -3.25. The van der Waals surface area contributed by atoms with Crippen LogP contribution in [-0.4, -0.2) is 11.1 Å². The van der Waals surface area contributed by atoms with Crippen molar-refractivity contribution in [2.45, 2.75) is 12.6 Å². The minimum absolute atomic E-state index is 0.647. The molecule has 3 aromatic rings. The fraction of sp³-hybridized carbons (Fsp3) is 0.136. The zero-order valence-electron chi connectivity index (χ0n) is 14.5. The minimum atomic E-state index is -3.25. The lowest BCUT2D eigenvalue weighted by Gasteiger charge is -2.31. The molecule has 0 spiro atoms. The Hall–Kier alpha value is -2.64. The highest BCUT2D eigenvalue weighted by molar-refractivity contribution is 7.79. The zero-order valence-corrected chi connectivity index (χ0v) is 15.4. The number of rotatable bonds is 6. The van der Waals surface area contributed by atoms with E-state index in [0.29, 0.717) is 10.6 Å². The van der Waals surface area contributed by atoms with Gasteiger partial charge in [0.25, 0.3) is 0 Å². The molecule has 4 heteroatoms. The Morgan fingerprint density at radius 3 is 1.54 bits per heavy atom. The van der Waals surface area contributed by atoms with Gasteiger partial charge in [0.2, 0.25) is 0 Å². The molecule has 2 unspecified atom stereocenters. The molecule has 0 aliphatic heterocycles. The van der Waals surface area contributed by atoms with Crippen LogP contribution < -0.4 is 10.6 Å². The third-order valence-corrected chi connectivity index (χ3v) is 8.33. The average molecular weight is 364 g/mol. The van der Waals surface area contributed by atoms with Crippen molar-refractivity contribution < 1.29 is 14.5 Å². The molecule has 0 bridgehead atoms. The van der Waals surface area contributed by atoms with Gasteiger partial charge in [-0.15, -0.1) is 0 Å². The van der Waals surface area contributed by atoms with Crippen LogP contribution in [0.1, 0.15) is 18.1 Å². The summed E-state index contributed by atoms with van der Waals surface area (Å²) in [6.45, 7) is 1.64. The molecule has 0 heterocycles. The Labute approximate surface area is 153 Å². The maximum absolute atomic E-state index is 14.6. The van der Waals surface area contributed by atoms with Gasteiger partial charge in [-0.05, 0) is 5.56 Å². The topological polar surface area (TPSA) is 54.4 Å². The summed E-state index contributed by atoms with van der Waals surface area (Å²) in [5.41, 5.74) is 0.129. The minimum Gasteiger partial charge on any atom is -0.481 e. The fourth-order valence-electron chi connectivity index (χ4n) is 3.37. The highest BCUT2D eigenvalue weighted by atomic mass is 31.2. The molecular weight excluding hydrogens is 343 g/mol. The molecule has 3 aromatic carbocycles. The molecule has 0 aliphatic rings. The number of benzene rings is 3. The number of carbonyl (C=O) groups is 1. The van der Waals surface area contributed by atoms with E-state index in [9.17, 15) is 14.5 Å². The Morgan fingerprint density at radius 2 is 1.15 bits per heavy atom. The first-order chi connectivity index (χ1) is 12.5. The lowest BCUT2D eigenvalue weighted by molar-refractivity contribution is -0.141. The molecule has 0 saturated heterocycles. The third kappa shape index (κ3) is 3.36. The van der Waals surface area contributed by atoms with E-state index in [-0.39, 0.29) is 0 Å². The highest BCUT2D eigenvalue weighted by Gasteiger charge is 2.43. The number of hydrogen-bond donors (Lipinski definition) is 1. The second-order valence-corrected chi connectivity index (χ2v) is 9.22. The Morgan fingerprint density at radius 1 is 0.769 bits per heavy atom. The second-order valence-electron chi connectivity index (χ2n) is 6.31. The summed E-state index contributed by atoms with van der Waals surface area (Å²) in [4.78, 5) is 11.9. The van der Waals surface area contributed by atoms with Gasteiger partial charge in [-0.25, -0.2) is 0 Å². The van der Waals surface area contributed by atoms with E-state index in [1.165, 1.54) is 0 Å². The molecule has 3 nitrogen and oxygen atoms in total. The van der Waals surface area contributed by atoms with Crippen LogP contribution in [0.3, 0.4) is 0 Å². The van der Waals surface area contributed by atoms with E-state index >= 15 is 0 Å². The van der Waals surface area contributed by atoms with Crippen molar-refractivity contribution >= 4 is 23.7 Å². The van der Waals surface area contributed by atoms with Crippen LogP contribution in [0.5, 0.6) is 0 Å². The van der Waals surface area contributed by atoms with Gasteiger partial charge >= 0.3 is 5.97 Å². The van der Waals surface area contributed by atoms with E-state index in [2.05, 4.69) is 0 Å². The molecule has 0 aromatic heterocycles. The Bertz CT molecular complexity index is 864. The molecule has 3 rings (SSSR count). The van der Waals surface area contributed by atoms with Gasteiger partial charge in [-0.3, -0.25) is 4.79 Å². The summed E-state index contributed by atoms with van der Waals surface area (Å²) in [6, 6.07) is 27.8. The van der Waals surface area contributed by atoms with Gasteiger partial charge in [0, 0.05) is 10.6 Å². The maximum Gasteiger partial charge on any atom is 0.307 e. The predicted molar refractivity (Wildman–Crippen MR) is 106 cm³/mol. The summed E-state index contributed by atoms with van der Waals surface area (Å²) in [5, 5.41) is 11.1. The van der Waals surface area contributed by atoms with E-state index in [1.54, 1.807) is 6.92 Å². The lowest BCUT2D eigenvalue weighted by Crippen LogP contribution is -2.28. The zero-order chi connectivity index (χ0) is 18.6. The predicted octanol–water partition coefficient (Wildman–Crippen LogP) is 4.46. The van der Waals surface area contributed by atoms with Gasteiger partial charge < -0.3 is 9.67 Å². The van der Waals surface area contributed by atoms with Crippen molar-refractivity contribution in [2.75, 3.05) is 0 Å². The van der Waals surface area contributed by atoms with Gasteiger partial charge in [-0.2, -0.15) is 0 Å². The lowest BCUT2D eigenvalue weighted by atomic mass is 10.0. The van der Waals surface area contributed by atoms with Gasteiger partial charge in [0.15, 0.2) is 7.14 Å². The number of aliphatic carboxylic acids is 1. The SMILES string of the molecule is CC(C(=O)O)C(c1ccccc1)P(=O)(c1ccccc1)c1ccccc1. The molecule has 0 aliphatic carbocycles. The van der Waals surface area contributed by atoms with Crippen LogP contribution in [0, 0.1) is 5.92 Å². The van der Waals surface area contributed by atoms with Crippen molar-refractivity contribution in [1.82, 2.24) is 0 Å². The second kappa shape index (κ2) is 7.72. The molecule has 1 N–H and O–H groups in total. The molecule has 0 radical (unpaired) electrons. The van der Waals surface area contributed by atoms with E-state index in [0.717, 1.165) is 5.56 Å². The first-order valence-corrected chi connectivity index (χ1v) is 10.3. The van der Waals surface area contributed by atoms with Crippen LogP contribution in [0.4, 0.5) is 0 Å². The van der Waals surface area contributed by atoms with Crippen LogP contribution in [0.25, 0.3) is 0 Å². The van der Waals surface area contributed by atoms with Crippen molar-refractivity contribution in [3.8, 4) is 0 Å². The van der Waals surface area contributed by atoms with Crippen LogP contribution in [0.2, 0.25) is 0 Å². The smallest absolute Gasteiger partial charge is 0.307 e. The van der Waals surface area contributed by atoms with Crippen molar-refractivity contribution in [3.63, 3.8) is 0 Å². The third-order valence-electron chi connectivity index (χ3n) is 4.68. The van der Waals surface area contributed by atoms with E-state index < -0.39 is 24.7 Å². The summed E-state index contributed by atoms with van der Waals surface area (Å²) in [5.74, 6) is -1.76. The number of carboxylic acid groups (broad SMARTS) is 1. The standard InChI is InChI=1S/C22H21O3P/c1-17(22(23)24)21(18-11-5-2-6-12-18)26(25,19-13-7-3-8-14-19)20-15-9-4-10-16-20/h2-17,21H,1H3,(H,23,24). The summed E-state index contributed by atoms with van der Waals surface area (Å²) in [6.07, 6.45) is 0. The molecule has 0 fully saturated rings. The highest BCUT2D eigenvalue weighted by Crippen LogP contribution is 2.60. The monoisotopic (exact) mass is 364 g/mol. The molecule has 0 amide bonds. The van der Waals surface area contributed by atoms with Crippen LogP contribution in [0.15, 0.2) is 91.0 Å². The number of hydrogen-bond acceptors (Lipinski definition) is 2. The molecule has 2 atom stereocenters. The first-order valence-electron chi connectivity index (χ1n) is 8.54. The van der Waals surface area contributed by atoms with E-state index in [1.807, 2.05) is 91.0 Å². The molecule has 26 heavy (non-hydrogen) atoms. The average Bonchev–Trinajstić information content (AvgIpc) is 2.70. The first kappa shape index (κ1) is 18.2. The number of carboxylic acids is 1. The quantitative estimate of drug-likeness (QED) is 0.657. The van der Waals surface area contributed by atoms with Gasteiger partial charge in [-0.1, -0.05) is 97.9 Å². The largest absolute Gasteiger partial charge is 0.481 e. The fourth-order valence-corrected chi connectivity index (χ4v) is 6.89. The van der Waals surface area contributed by atoms with Crippen molar-refractivity contribution in [1.29, 1.82) is 0 Å². The van der Waals surface area contributed by atoms with Crippen LogP contribution >= 0.6 is 7.14 Å².